The SMILES string of the molecule is COc1ccc(C#CCN)c(CN(C)CC(C)(C)C)c1. The fourth-order valence-corrected chi connectivity index (χ4v) is 2.25. The van der Waals surface area contributed by atoms with Gasteiger partial charge >= 0.3 is 0 Å². The van der Waals surface area contributed by atoms with Gasteiger partial charge in [0.15, 0.2) is 0 Å². The summed E-state index contributed by atoms with van der Waals surface area (Å²) in [7, 11) is 3.81. The lowest BCUT2D eigenvalue weighted by molar-refractivity contribution is 0.220. The van der Waals surface area contributed by atoms with Crippen LogP contribution in [-0.2, 0) is 6.54 Å². The fraction of sp³-hybridized carbons (Fsp3) is 0.529. The standard InChI is InChI=1S/C17H26N2O/c1-17(2,3)13-19(4)12-15-11-16(20-5)9-8-14(15)7-6-10-18/h8-9,11H,10,12-13,18H2,1-5H3. The second-order valence-electron chi connectivity index (χ2n) is 6.26. The molecule has 0 heterocycles. The lowest BCUT2D eigenvalue weighted by Gasteiger charge is -2.27. The van der Waals surface area contributed by atoms with Gasteiger partial charge < -0.3 is 15.4 Å². The molecule has 0 aliphatic heterocycles. The molecule has 0 aliphatic rings. The lowest BCUT2D eigenvalue weighted by Crippen LogP contribution is -2.29. The second-order valence-corrected chi connectivity index (χ2v) is 6.26. The van der Waals surface area contributed by atoms with Crippen LogP contribution < -0.4 is 10.5 Å². The molecule has 1 rings (SSSR count). The van der Waals surface area contributed by atoms with Gasteiger partial charge in [0, 0.05) is 18.7 Å². The highest BCUT2D eigenvalue weighted by molar-refractivity contribution is 5.45. The van der Waals surface area contributed by atoms with Crippen molar-refractivity contribution < 1.29 is 4.74 Å². The van der Waals surface area contributed by atoms with E-state index >= 15 is 0 Å². The van der Waals surface area contributed by atoms with Gasteiger partial charge in [-0.25, -0.2) is 0 Å². The van der Waals surface area contributed by atoms with Crippen LogP contribution in [0.2, 0.25) is 0 Å². The molecule has 3 heteroatoms. The number of hydrogen-bond donors (Lipinski definition) is 1. The molecular weight excluding hydrogens is 248 g/mol. The Kier molecular flexibility index (Phi) is 6.06. The molecule has 0 saturated carbocycles. The monoisotopic (exact) mass is 274 g/mol. The third-order valence-corrected chi connectivity index (χ3v) is 2.82. The van der Waals surface area contributed by atoms with Gasteiger partial charge in [0.05, 0.1) is 13.7 Å². The van der Waals surface area contributed by atoms with Crippen molar-refractivity contribution in [2.45, 2.75) is 27.3 Å². The Hall–Kier alpha value is -1.50. The van der Waals surface area contributed by atoms with Crippen LogP contribution >= 0.6 is 0 Å². The molecule has 0 aliphatic carbocycles. The highest BCUT2D eigenvalue weighted by Crippen LogP contribution is 2.21. The molecule has 0 spiro atoms. The van der Waals surface area contributed by atoms with E-state index in [1.54, 1.807) is 7.11 Å². The first-order valence-corrected chi connectivity index (χ1v) is 6.90. The van der Waals surface area contributed by atoms with Crippen molar-refractivity contribution in [3.63, 3.8) is 0 Å². The predicted molar refractivity (Wildman–Crippen MR) is 84.7 cm³/mol. The molecule has 1 aromatic carbocycles. The Labute approximate surface area is 123 Å². The summed E-state index contributed by atoms with van der Waals surface area (Å²) >= 11 is 0. The summed E-state index contributed by atoms with van der Waals surface area (Å²) < 4.78 is 5.31. The minimum absolute atomic E-state index is 0.275. The van der Waals surface area contributed by atoms with Crippen molar-refractivity contribution in [2.75, 3.05) is 27.2 Å². The molecule has 20 heavy (non-hydrogen) atoms. The van der Waals surface area contributed by atoms with Crippen molar-refractivity contribution in [2.24, 2.45) is 11.1 Å². The second kappa shape index (κ2) is 7.33. The van der Waals surface area contributed by atoms with Crippen LogP contribution in [0.15, 0.2) is 18.2 Å². The van der Waals surface area contributed by atoms with Crippen LogP contribution in [0, 0.1) is 17.3 Å². The van der Waals surface area contributed by atoms with Crippen LogP contribution in [0.1, 0.15) is 31.9 Å². The van der Waals surface area contributed by atoms with Crippen LogP contribution in [0.4, 0.5) is 0 Å². The summed E-state index contributed by atoms with van der Waals surface area (Å²) in [6.07, 6.45) is 0. The molecule has 2 N–H and O–H groups in total. The molecular formula is C17H26N2O. The molecule has 110 valence electrons. The number of nitrogens with two attached hydrogens (primary N) is 1. The minimum Gasteiger partial charge on any atom is -0.497 e. The molecule has 0 atom stereocenters. The van der Waals surface area contributed by atoms with Gasteiger partial charge in [0.25, 0.3) is 0 Å². The van der Waals surface area contributed by atoms with E-state index in [1.165, 1.54) is 5.56 Å². The fourth-order valence-electron chi connectivity index (χ4n) is 2.25. The quantitative estimate of drug-likeness (QED) is 0.857. The Balaban J connectivity index is 2.95. The van der Waals surface area contributed by atoms with Crippen LogP contribution in [0.5, 0.6) is 5.75 Å². The first-order valence-electron chi connectivity index (χ1n) is 6.90. The maximum Gasteiger partial charge on any atom is 0.119 e. The summed E-state index contributed by atoms with van der Waals surface area (Å²) in [4.78, 5) is 2.31. The number of ether oxygens (including phenoxy) is 1. The maximum absolute atomic E-state index is 5.46. The third kappa shape index (κ3) is 5.64. The number of nitrogens with zero attached hydrogens (tertiary/aromatic N) is 1. The van der Waals surface area contributed by atoms with Gasteiger partial charge in [-0.3, -0.25) is 0 Å². The van der Waals surface area contributed by atoms with E-state index in [9.17, 15) is 0 Å². The van der Waals surface area contributed by atoms with E-state index in [0.29, 0.717) is 6.54 Å². The van der Waals surface area contributed by atoms with E-state index in [4.69, 9.17) is 10.5 Å². The van der Waals surface area contributed by atoms with Crippen LogP contribution in [-0.4, -0.2) is 32.1 Å². The molecule has 1 aromatic rings. The molecule has 0 unspecified atom stereocenters. The average molecular weight is 274 g/mol. The van der Waals surface area contributed by atoms with Crippen LogP contribution in [0.3, 0.4) is 0 Å². The van der Waals surface area contributed by atoms with Gasteiger partial charge in [-0.05, 0) is 36.2 Å². The first kappa shape index (κ1) is 16.6. The first-order chi connectivity index (χ1) is 9.35. The lowest BCUT2D eigenvalue weighted by atomic mass is 9.96. The van der Waals surface area contributed by atoms with Gasteiger partial charge in [-0.15, -0.1) is 0 Å². The zero-order valence-corrected chi connectivity index (χ0v) is 13.3. The van der Waals surface area contributed by atoms with E-state index in [-0.39, 0.29) is 5.41 Å². The zero-order chi connectivity index (χ0) is 15.2. The van der Waals surface area contributed by atoms with E-state index in [2.05, 4.69) is 50.6 Å². The largest absolute Gasteiger partial charge is 0.497 e. The van der Waals surface area contributed by atoms with Crippen LogP contribution in [0.25, 0.3) is 0 Å². The van der Waals surface area contributed by atoms with Crippen molar-refractivity contribution >= 4 is 0 Å². The Morgan fingerprint density at radius 2 is 2.00 bits per heavy atom. The van der Waals surface area contributed by atoms with Gasteiger partial charge in [0.2, 0.25) is 0 Å². The topological polar surface area (TPSA) is 38.5 Å². The summed E-state index contributed by atoms with van der Waals surface area (Å²) in [5.41, 5.74) is 7.94. The van der Waals surface area contributed by atoms with Gasteiger partial charge in [-0.2, -0.15) is 0 Å². The Morgan fingerprint density at radius 3 is 2.55 bits per heavy atom. The normalized spacial score (nSPS) is 11.2. The Bertz CT molecular complexity index is 492. The molecule has 0 bridgehead atoms. The summed E-state index contributed by atoms with van der Waals surface area (Å²) in [6.45, 7) is 8.97. The summed E-state index contributed by atoms with van der Waals surface area (Å²) in [5.74, 6) is 6.92. The number of hydrogen-bond acceptors (Lipinski definition) is 3. The molecule has 0 radical (unpaired) electrons. The number of methoxy groups -OCH3 is 1. The maximum atomic E-state index is 5.46. The highest BCUT2D eigenvalue weighted by Gasteiger charge is 2.14. The zero-order valence-electron chi connectivity index (χ0n) is 13.3. The number of rotatable bonds is 4. The van der Waals surface area contributed by atoms with E-state index < -0.39 is 0 Å². The van der Waals surface area contributed by atoms with E-state index in [1.807, 2.05) is 12.1 Å². The average Bonchev–Trinajstić information content (AvgIpc) is 2.34. The minimum atomic E-state index is 0.275. The van der Waals surface area contributed by atoms with Crippen molar-refractivity contribution in [3.8, 4) is 17.6 Å². The van der Waals surface area contributed by atoms with Crippen molar-refractivity contribution in [1.29, 1.82) is 0 Å². The predicted octanol–water partition coefficient (Wildman–Crippen LogP) is 2.48. The smallest absolute Gasteiger partial charge is 0.119 e. The molecule has 0 fully saturated rings. The summed E-state index contributed by atoms with van der Waals surface area (Å²) in [5, 5.41) is 0. The molecule has 0 aromatic heterocycles. The van der Waals surface area contributed by atoms with Crippen molar-refractivity contribution in [1.82, 2.24) is 4.90 Å². The van der Waals surface area contributed by atoms with Gasteiger partial charge in [0.1, 0.15) is 5.75 Å². The van der Waals surface area contributed by atoms with Gasteiger partial charge in [-0.1, -0.05) is 32.6 Å². The highest BCUT2D eigenvalue weighted by atomic mass is 16.5. The molecule has 0 amide bonds. The summed E-state index contributed by atoms with van der Waals surface area (Å²) in [6, 6.07) is 6.00. The van der Waals surface area contributed by atoms with Crippen molar-refractivity contribution in [3.05, 3.63) is 29.3 Å². The number of benzene rings is 1. The molecule has 3 nitrogen and oxygen atoms in total. The van der Waals surface area contributed by atoms with E-state index in [0.717, 1.165) is 24.4 Å². The Morgan fingerprint density at radius 1 is 1.30 bits per heavy atom. The molecule has 0 saturated heterocycles. The third-order valence-electron chi connectivity index (χ3n) is 2.82.